The molecular formula is C24H22N2O4. The molecule has 0 fully saturated rings. The molecule has 2 N–H and O–H groups in total. The van der Waals surface area contributed by atoms with Gasteiger partial charge in [-0.3, -0.25) is 9.59 Å². The minimum atomic E-state index is -0.542. The van der Waals surface area contributed by atoms with E-state index < -0.39 is 6.10 Å². The van der Waals surface area contributed by atoms with Crippen molar-refractivity contribution in [1.29, 1.82) is 0 Å². The van der Waals surface area contributed by atoms with Crippen LogP contribution in [0.2, 0.25) is 0 Å². The number of hydrogen-bond acceptors (Lipinski definition) is 4. The molecule has 3 aromatic carbocycles. The minimum Gasteiger partial charge on any atom is -0.479 e. The third-order valence-electron chi connectivity index (χ3n) is 4.78. The Labute approximate surface area is 174 Å². The maximum absolute atomic E-state index is 12.5. The Hall–Kier alpha value is -3.64. The van der Waals surface area contributed by atoms with Gasteiger partial charge in [-0.25, -0.2) is 0 Å². The average Bonchev–Trinajstić information content (AvgIpc) is 2.76. The highest BCUT2D eigenvalue weighted by Gasteiger charge is 2.24. The van der Waals surface area contributed by atoms with Crippen molar-refractivity contribution in [1.82, 2.24) is 0 Å². The first kappa shape index (κ1) is 19.7. The fraction of sp³-hybridized carbons (Fsp3) is 0.167. The average molecular weight is 402 g/mol. The van der Waals surface area contributed by atoms with Gasteiger partial charge in [-0.05, 0) is 36.2 Å². The number of benzene rings is 3. The van der Waals surface area contributed by atoms with Gasteiger partial charge in [0.2, 0.25) is 5.91 Å². The van der Waals surface area contributed by atoms with Crippen molar-refractivity contribution in [2.45, 2.75) is 19.1 Å². The summed E-state index contributed by atoms with van der Waals surface area (Å²) in [6.07, 6.45) is -0.893. The van der Waals surface area contributed by atoms with Crippen LogP contribution in [0.15, 0.2) is 78.9 Å². The maximum Gasteiger partial charge on any atom is 0.265 e. The summed E-state index contributed by atoms with van der Waals surface area (Å²) < 4.78 is 11.5. The van der Waals surface area contributed by atoms with Crippen LogP contribution in [-0.2, 0) is 14.3 Å². The normalized spacial score (nSPS) is 15.1. The van der Waals surface area contributed by atoms with Crippen LogP contribution in [0.25, 0.3) is 0 Å². The van der Waals surface area contributed by atoms with Crippen molar-refractivity contribution in [2.24, 2.45) is 0 Å². The predicted molar refractivity (Wildman–Crippen MR) is 114 cm³/mol. The van der Waals surface area contributed by atoms with E-state index in [0.29, 0.717) is 17.1 Å². The lowest BCUT2D eigenvalue weighted by molar-refractivity contribution is -0.123. The van der Waals surface area contributed by atoms with E-state index in [0.717, 1.165) is 11.1 Å². The molecule has 2 amide bonds. The molecule has 1 heterocycles. The molecular weight excluding hydrogens is 380 g/mol. The van der Waals surface area contributed by atoms with Gasteiger partial charge in [0.15, 0.2) is 6.10 Å². The number of rotatable bonds is 6. The van der Waals surface area contributed by atoms with Gasteiger partial charge < -0.3 is 20.1 Å². The van der Waals surface area contributed by atoms with Crippen molar-refractivity contribution in [3.63, 3.8) is 0 Å². The molecule has 0 bridgehead atoms. The predicted octanol–water partition coefficient (Wildman–Crippen LogP) is 4.15. The molecule has 1 unspecified atom stereocenters. The maximum atomic E-state index is 12.5. The summed E-state index contributed by atoms with van der Waals surface area (Å²) in [6.45, 7) is 1.56. The van der Waals surface area contributed by atoms with Gasteiger partial charge >= 0.3 is 0 Å². The number of amides is 2. The molecule has 3 aromatic rings. The van der Waals surface area contributed by atoms with Crippen LogP contribution in [0.5, 0.6) is 5.75 Å². The Bertz CT molecular complexity index is 998. The van der Waals surface area contributed by atoms with E-state index >= 15 is 0 Å². The number of ether oxygens (including phenoxy) is 2. The summed E-state index contributed by atoms with van der Waals surface area (Å²) >= 11 is 0. The summed E-state index contributed by atoms with van der Waals surface area (Å²) in [7, 11) is 0. The summed E-state index contributed by atoms with van der Waals surface area (Å²) in [6, 6.07) is 24.7. The Balaban J connectivity index is 1.43. The third kappa shape index (κ3) is 4.50. The number of hydrogen-bond donors (Lipinski definition) is 2. The second-order valence-electron chi connectivity index (χ2n) is 7.02. The van der Waals surface area contributed by atoms with E-state index in [4.69, 9.17) is 9.47 Å². The Morgan fingerprint density at radius 2 is 1.67 bits per heavy atom. The zero-order chi connectivity index (χ0) is 20.9. The van der Waals surface area contributed by atoms with Crippen molar-refractivity contribution in [3.8, 4) is 5.75 Å². The Kier molecular flexibility index (Phi) is 5.77. The topological polar surface area (TPSA) is 76.7 Å². The lowest BCUT2D eigenvalue weighted by Gasteiger charge is -2.23. The Morgan fingerprint density at radius 3 is 2.30 bits per heavy atom. The van der Waals surface area contributed by atoms with Crippen LogP contribution in [0.1, 0.15) is 24.2 Å². The first-order valence-corrected chi connectivity index (χ1v) is 9.73. The lowest BCUT2D eigenvalue weighted by atomic mass is 10.0. The van der Waals surface area contributed by atoms with E-state index in [1.807, 2.05) is 60.7 Å². The van der Waals surface area contributed by atoms with Crippen LogP contribution in [0.3, 0.4) is 0 Å². The SMILES string of the molecule is CC1Oc2ccc(NC(=O)COC(c3ccccc3)c3ccccc3)cc2NC1=O. The van der Waals surface area contributed by atoms with Crippen molar-refractivity contribution >= 4 is 23.2 Å². The zero-order valence-electron chi connectivity index (χ0n) is 16.5. The molecule has 0 aliphatic carbocycles. The molecule has 0 spiro atoms. The standard InChI is InChI=1S/C24H22N2O4/c1-16-24(28)26-20-14-19(12-13-21(20)30-16)25-22(27)15-29-23(17-8-4-2-5-9-17)18-10-6-3-7-11-18/h2-14,16,23H,15H2,1H3,(H,25,27)(H,26,28). The van der Waals surface area contributed by atoms with Gasteiger partial charge in [0.25, 0.3) is 5.91 Å². The zero-order valence-corrected chi connectivity index (χ0v) is 16.5. The molecule has 0 saturated heterocycles. The van der Waals surface area contributed by atoms with Crippen LogP contribution < -0.4 is 15.4 Å². The van der Waals surface area contributed by atoms with Crippen LogP contribution >= 0.6 is 0 Å². The highest BCUT2D eigenvalue weighted by atomic mass is 16.5. The summed E-state index contributed by atoms with van der Waals surface area (Å²) in [4.78, 5) is 24.3. The van der Waals surface area contributed by atoms with Crippen molar-refractivity contribution in [3.05, 3.63) is 90.0 Å². The quantitative estimate of drug-likeness (QED) is 0.649. The number of carbonyl (C=O) groups is 2. The molecule has 30 heavy (non-hydrogen) atoms. The molecule has 0 aromatic heterocycles. The van der Waals surface area contributed by atoms with Crippen LogP contribution in [0.4, 0.5) is 11.4 Å². The smallest absolute Gasteiger partial charge is 0.265 e. The van der Waals surface area contributed by atoms with E-state index in [1.165, 1.54) is 0 Å². The van der Waals surface area contributed by atoms with Gasteiger partial charge in [0, 0.05) is 5.69 Å². The van der Waals surface area contributed by atoms with E-state index in [1.54, 1.807) is 25.1 Å². The molecule has 1 atom stereocenters. The van der Waals surface area contributed by atoms with Crippen molar-refractivity contribution < 1.29 is 19.1 Å². The summed E-state index contributed by atoms with van der Waals surface area (Å²) in [5.74, 6) is 0.0654. The first-order chi connectivity index (χ1) is 14.6. The van der Waals surface area contributed by atoms with Gasteiger partial charge in [0.05, 0.1) is 5.69 Å². The van der Waals surface area contributed by atoms with Crippen molar-refractivity contribution in [2.75, 3.05) is 17.2 Å². The molecule has 0 saturated carbocycles. The monoisotopic (exact) mass is 402 g/mol. The third-order valence-corrected chi connectivity index (χ3v) is 4.78. The van der Waals surface area contributed by atoms with Crippen LogP contribution in [-0.4, -0.2) is 24.5 Å². The fourth-order valence-corrected chi connectivity index (χ4v) is 3.28. The second-order valence-corrected chi connectivity index (χ2v) is 7.02. The number of carbonyl (C=O) groups excluding carboxylic acids is 2. The highest BCUT2D eigenvalue weighted by Crippen LogP contribution is 2.32. The number of fused-ring (bicyclic) bond motifs is 1. The molecule has 0 radical (unpaired) electrons. The summed E-state index contributed by atoms with van der Waals surface area (Å²) in [5.41, 5.74) is 3.03. The largest absolute Gasteiger partial charge is 0.479 e. The second kappa shape index (κ2) is 8.80. The molecule has 6 nitrogen and oxygen atoms in total. The van der Waals surface area contributed by atoms with Gasteiger partial charge in [-0.1, -0.05) is 60.7 Å². The Morgan fingerprint density at radius 1 is 1.03 bits per heavy atom. The van der Waals surface area contributed by atoms with E-state index in [-0.39, 0.29) is 24.5 Å². The van der Waals surface area contributed by atoms with E-state index in [2.05, 4.69) is 10.6 Å². The molecule has 152 valence electrons. The summed E-state index contributed by atoms with van der Waals surface area (Å²) in [5, 5.41) is 5.58. The minimum absolute atomic E-state index is 0.120. The lowest BCUT2D eigenvalue weighted by Crippen LogP contribution is -2.34. The van der Waals surface area contributed by atoms with Gasteiger partial charge in [-0.15, -0.1) is 0 Å². The number of anilines is 2. The highest BCUT2D eigenvalue weighted by molar-refractivity contribution is 5.99. The van der Waals surface area contributed by atoms with E-state index in [9.17, 15) is 9.59 Å². The van der Waals surface area contributed by atoms with Crippen LogP contribution in [0, 0.1) is 0 Å². The van der Waals surface area contributed by atoms with Gasteiger partial charge in [0.1, 0.15) is 18.5 Å². The first-order valence-electron chi connectivity index (χ1n) is 9.73. The molecule has 4 rings (SSSR count). The number of nitrogens with one attached hydrogen (secondary N) is 2. The molecule has 6 heteroatoms. The molecule has 1 aliphatic rings. The fourth-order valence-electron chi connectivity index (χ4n) is 3.28. The van der Waals surface area contributed by atoms with Gasteiger partial charge in [-0.2, -0.15) is 0 Å². The molecule has 1 aliphatic heterocycles.